The van der Waals surface area contributed by atoms with Crippen molar-refractivity contribution in [2.75, 3.05) is 11.9 Å². The molecule has 0 aliphatic heterocycles. The molecule has 15 heteroatoms. The van der Waals surface area contributed by atoms with Gasteiger partial charge >= 0.3 is 11.9 Å². The van der Waals surface area contributed by atoms with E-state index in [2.05, 4.69) is 11.9 Å². The zero-order valence-corrected chi connectivity index (χ0v) is 23.8. The number of ether oxygens (including phenoxy) is 1. The Labute approximate surface area is 244 Å². The molecule has 0 fully saturated rings. The normalized spacial score (nSPS) is 10.7. The molecule has 2 aromatic carbocycles. The Morgan fingerprint density at radius 2 is 1.75 bits per heavy atom. The highest BCUT2D eigenvalue weighted by molar-refractivity contribution is 7.89. The summed E-state index contributed by atoms with van der Waals surface area (Å²) in [5.41, 5.74) is 0.546. The van der Waals surface area contributed by atoms with Crippen LogP contribution in [-0.2, 0) is 21.4 Å². The van der Waals surface area contributed by atoms with Gasteiger partial charge in [0.15, 0.2) is 12.4 Å². The number of carboxylic acids is 2. The third kappa shape index (κ3) is 8.73. The van der Waals surface area contributed by atoms with Gasteiger partial charge in [-0.1, -0.05) is 48.3 Å². The van der Waals surface area contributed by atoms with Crippen molar-refractivity contribution >= 4 is 68.2 Å². The van der Waals surface area contributed by atoms with Crippen molar-refractivity contribution in [2.24, 2.45) is 5.14 Å². The molecule has 0 aliphatic carbocycles. The molecule has 11 nitrogen and oxygen atoms in total. The molecular formula is C25H23Cl3N2O9S. The van der Waals surface area contributed by atoms with Crippen molar-refractivity contribution in [2.45, 2.75) is 24.8 Å². The summed E-state index contributed by atoms with van der Waals surface area (Å²) in [5.74, 6) is -2.03. The highest BCUT2D eigenvalue weighted by Gasteiger charge is 2.21. The molecule has 1 aromatic heterocycles. The molecule has 0 unspecified atom stereocenters. The van der Waals surface area contributed by atoms with Crippen LogP contribution in [0.2, 0.25) is 15.1 Å². The Balaban J connectivity index is 0.000000282. The van der Waals surface area contributed by atoms with Gasteiger partial charge in [0.05, 0.1) is 34.1 Å². The van der Waals surface area contributed by atoms with Crippen LogP contribution in [-0.4, -0.2) is 43.0 Å². The second kappa shape index (κ2) is 14.2. The summed E-state index contributed by atoms with van der Waals surface area (Å²) in [6, 6.07) is 8.36. The van der Waals surface area contributed by atoms with Crippen molar-refractivity contribution in [3.63, 3.8) is 0 Å². The summed E-state index contributed by atoms with van der Waals surface area (Å²) in [6.07, 6.45) is 1.98. The maximum Gasteiger partial charge on any atom is 0.341 e. The first-order valence-electron chi connectivity index (χ1n) is 11.1. The number of carbonyl (C=O) groups is 3. The third-order valence-corrected chi connectivity index (χ3v) is 7.27. The van der Waals surface area contributed by atoms with Crippen molar-refractivity contribution in [1.29, 1.82) is 0 Å². The number of carbonyl (C=O) groups excluding carboxylic acids is 1. The molecule has 0 amide bonds. The lowest BCUT2D eigenvalue weighted by molar-refractivity contribution is -0.139. The van der Waals surface area contributed by atoms with Gasteiger partial charge in [-0.2, -0.15) is 0 Å². The summed E-state index contributed by atoms with van der Waals surface area (Å²) in [4.78, 5) is 33.1. The van der Waals surface area contributed by atoms with E-state index >= 15 is 0 Å². The number of furan rings is 1. The van der Waals surface area contributed by atoms with Crippen LogP contribution >= 0.6 is 34.8 Å². The van der Waals surface area contributed by atoms with Crippen LogP contribution in [0.15, 0.2) is 64.1 Å². The quantitative estimate of drug-likeness (QED) is 0.155. The van der Waals surface area contributed by atoms with Gasteiger partial charge in [0.2, 0.25) is 10.0 Å². The molecule has 3 rings (SSSR count). The zero-order valence-electron chi connectivity index (χ0n) is 20.7. The number of allylic oxidation sites excluding steroid dienone is 1. The Hall–Kier alpha value is -3.55. The van der Waals surface area contributed by atoms with E-state index in [1.807, 2.05) is 0 Å². The van der Waals surface area contributed by atoms with E-state index in [1.165, 1.54) is 24.5 Å². The Bertz CT molecular complexity index is 1540. The van der Waals surface area contributed by atoms with Gasteiger partial charge in [0.25, 0.3) is 0 Å². The molecule has 0 spiro atoms. The highest BCUT2D eigenvalue weighted by atomic mass is 35.5. The Kier molecular flexibility index (Phi) is 11.6. The van der Waals surface area contributed by atoms with Crippen LogP contribution < -0.4 is 15.2 Å². The van der Waals surface area contributed by atoms with Gasteiger partial charge in [-0.3, -0.25) is 4.79 Å². The minimum Gasteiger partial charge on any atom is -0.480 e. The molecule has 1 heterocycles. The van der Waals surface area contributed by atoms with Gasteiger partial charge < -0.3 is 24.7 Å². The van der Waals surface area contributed by atoms with Gasteiger partial charge in [0.1, 0.15) is 21.4 Å². The molecule has 0 saturated heterocycles. The molecule has 0 bridgehead atoms. The van der Waals surface area contributed by atoms with Gasteiger partial charge in [-0.05, 0) is 48.4 Å². The van der Waals surface area contributed by atoms with Crippen molar-refractivity contribution < 1.29 is 42.2 Å². The zero-order chi connectivity index (χ0) is 30.2. The number of benzene rings is 2. The average molecular weight is 634 g/mol. The van der Waals surface area contributed by atoms with Crippen LogP contribution in [0, 0.1) is 0 Å². The minimum absolute atomic E-state index is 0.0117. The summed E-state index contributed by atoms with van der Waals surface area (Å²) >= 11 is 17.8. The maximum atomic E-state index is 11.9. The van der Waals surface area contributed by atoms with E-state index in [0.29, 0.717) is 17.8 Å². The van der Waals surface area contributed by atoms with E-state index < -0.39 is 33.5 Å². The number of hydrogen-bond donors (Lipinski definition) is 4. The number of nitrogens with one attached hydrogen (secondary N) is 1. The van der Waals surface area contributed by atoms with Gasteiger partial charge in [-0.25, -0.2) is 23.1 Å². The summed E-state index contributed by atoms with van der Waals surface area (Å²) in [7, 11) is -4.11. The number of rotatable bonds is 11. The summed E-state index contributed by atoms with van der Waals surface area (Å²) in [6.45, 7) is 5.13. The number of sulfonamides is 1. The number of carboxylic acid groups (broad SMARTS) is 2. The summed E-state index contributed by atoms with van der Waals surface area (Å²) in [5, 5.41) is 25.4. The topological polar surface area (TPSA) is 186 Å². The fraction of sp³-hybridized carbons (Fsp3) is 0.160. The molecule has 0 aliphatic rings. The van der Waals surface area contributed by atoms with Crippen molar-refractivity contribution in [3.8, 4) is 5.75 Å². The molecular weight excluding hydrogens is 611 g/mol. The van der Waals surface area contributed by atoms with Crippen LogP contribution in [0.3, 0.4) is 0 Å². The molecule has 40 heavy (non-hydrogen) atoms. The summed E-state index contributed by atoms with van der Waals surface area (Å²) < 4.78 is 32.8. The number of hydrogen-bond acceptors (Lipinski definition) is 8. The molecule has 0 atom stereocenters. The lowest BCUT2D eigenvalue weighted by atomic mass is 10.0. The number of anilines is 1. The number of primary sulfonamides is 1. The third-order valence-electron chi connectivity index (χ3n) is 5.03. The van der Waals surface area contributed by atoms with E-state index in [4.69, 9.17) is 59.3 Å². The molecule has 0 saturated carbocycles. The number of aliphatic carboxylic acids is 1. The fourth-order valence-corrected chi connectivity index (χ4v) is 4.56. The number of aromatic carboxylic acids is 1. The van der Waals surface area contributed by atoms with Gasteiger partial charge in [-0.15, -0.1) is 0 Å². The van der Waals surface area contributed by atoms with Crippen LogP contribution in [0.4, 0.5) is 5.69 Å². The Morgan fingerprint density at radius 1 is 1.07 bits per heavy atom. The Morgan fingerprint density at radius 3 is 2.27 bits per heavy atom. The lowest BCUT2D eigenvalue weighted by Crippen LogP contribution is -2.15. The van der Waals surface area contributed by atoms with Gasteiger partial charge in [0, 0.05) is 5.56 Å². The SMILES string of the molecule is C=C(CC)C(=O)c1ccc(OCC(=O)O)c(Cl)c1Cl.NS(=O)(=O)c1cc(C(=O)O)c(NCc2ccco2)cc1Cl. The molecule has 3 aromatic rings. The van der Waals surface area contributed by atoms with E-state index in [-0.39, 0.29) is 50.0 Å². The number of halogens is 3. The maximum absolute atomic E-state index is 11.9. The van der Waals surface area contributed by atoms with Crippen molar-refractivity contribution in [3.05, 3.63) is 86.8 Å². The number of ketones is 1. The van der Waals surface area contributed by atoms with E-state index in [0.717, 1.165) is 6.07 Å². The molecule has 0 radical (unpaired) electrons. The van der Waals surface area contributed by atoms with Crippen LogP contribution in [0.1, 0.15) is 39.8 Å². The first-order chi connectivity index (χ1) is 18.7. The predicted molar refractivity (Wildman–Crippen MR) is 149 cm³/mol. The van der Waals surface area contributed by atoms with E-state index in [1.54, 1.807) is 19.1 Å². The number of Topliss-reactive ketones (excluding diaryl/α,β-unsaturated/α-hetero) is 1. The van der Waals surface area contributed by atoms with Crippen LogP contribution in [0.25, 0.3) is 0 Å². The monoisotopic (exact) mass is 632 g/mol. The smallest absolute Gasteiger partial charge is 0.341 e. The average Bonchev–Trinajstić information content (AvgIpc) is 3.40. The number of nitrogens with two attached hydrogens (primary N) is 1. The largest absolute Gasteiger partial charge is 0.480 e. The molecule has 5 N–H and O–H groups in total. The minimum atomic E-state index is -4.11. The van der Waals surface area contributed by atoms with Crippen LogP contribution in [0.5, 0.6) is 5.75 Å². The standard InChI is InChI=1S/C13H12Cl2O4.C12H11ClN2O5S/c1-3-7(2)13(18)8-4-5-9(12(15)11(8)14)19-6-10(16)17;13-9-5-10(15-6-7-2-1-3-20-7)8(12(16)17)4-11(9)21(14,18)19/h4-5H,2-3,6H2,1H3,(H,16,17);1-5,15H,6H2,(H,16,17)(H2,14,18,19). The predicted octanol–water partition coefficient (Wildman–Crippen LogP) is 5.50. The second-order valence-electron chi connectivity index (χ2n) is 7.82. The first kappa shape index (κ1) is 32.7. The highest BCUT2D eigenvalue weighted by Crippen LogP contribution is 2.36. The van der Waals surface area contributed by atoms with Crippen molar-refractivity contribution in [1.82, 2.24) is 0 Å². The second-order valence-corrected chi connectivity index (χ2v) is 10.5. The fourth-order valence-electron chi connectivity index (χ4n) is 3.00. The first-order valence-corrected chi connectivity index (χ1v) is 13.8. The molecule has 214 valence electrons. The lowest BCUT2D eigenvalue weighted by Gasteiger charge is -2.11. The van der Waals surface area contributed by atoms with E-state index in [9.17, 15) is 22.8 Å².